The summed E-state index contributed by atoms with van der Waals surface area (Å²) in [6.07, 6.45) is -2.78. The van der Waals surface area contributed by atoms with Gasteiger partial charge in [0, 0.05) is 25.2 Å². The highest BCUT2D eigenvalue weighted by Crippen LogP contribution is 2.25. The molecule has 0 aliphatic carbocycles. The van der Waals surface area contributed by atoms with E-state index >= 15 is 0 Å². The maximum Gasteiger partial charge on any atom is 0.0434 e. The van der Waals surface area contributed by atoms with E-state index in [0.717, 1.165) is 12.1 Å². The number of aryl methyl sites for hydroxylation is 1. The Morgan fingerprint density at radius 3 is 3.54 bits per heavy atom. The maximum absolute atomic E-state index is 8.35. The molecule has 0 radical (unpaired) electrons. The minimum Gasteiger partial charge on any atom is -0.316 e. The lowest BCUT2D eigenvalue weighted by molar-refractivity contribution is 0.644. The topological polar surface area (TPSA) is 12.0 Å². The van der Waals surface area contributed by atoms with Crippen LogP contribution >= 0.6 is 11.6 Å². The Balaban J connectivity index is 2.98. The summed E-state index contributed by atoms with van der Waals surface area (Å²) < 4.78 is 78.9. The SMILES string of the molecule is [2H]C1([2H])NC([2H])([2H])[C@]([2H])(C([2H])([2H])[2H])c2cc(Cl)ccc2C1([2H])[2H]. The summed E-state index contributed by atoms with van der Waals surface area (Å²) >= 11 is 5.84. The molecule has 1 aromatic rings. The zero-order valence-electron chi connectivity index (χ0n) is 16.6. The van der Waals surface area contributed by atoms with E-state index in [-0.39, 0.29) is 5.02 Å². The van der Waals surface area contributed by atoms with Crippen molar-refractivity contribution < 1.29 is 13.7 Å². The van der Waals surface area contributed by atoms with Crippen molar-refractivity contribution in [3.05, 3.63) is 34.3 Å². The van der Waals surface area contributed by atoms with Gasteiger partial charge in [-0.25, -0.2) is 0 Å². The van der Waals surface area contributed by atoms with Gasteiger partial charge in [0.1, 0.15) is 0 Å². The molecule has 0 saturated carbocycles. The summed E-state index contributed by atoms with van der Waals surface area (Å²) in [7, 11) is 0. The third-order valence-corrected chi connectivity index (χ3v) is 1.93. The van der Waals surface area contributed by atoms with Crippen LogP contribution in [-0.4, -0.2) is 13.0 Å². The van der Waals surface area contributed by atoms with Crippen LogP contribution in [0.4, 0.5) is 0 Å². The Morgan fingerprint density at radius 1 is 1.77 bits per heavy atom. The predicted octanol–water partition coefficient (Wildman–Crippen LogP) is 2.59. The molecule has 0 unspecified atom stereocenters. The van der Waals surface area contributed by atoms with Crippen molar-refractivity contribution in [1.29, 1.82) is 0 Å². The van der Waals surface area contributed by atoms with Gasteiger partial charge < -0.3 is 5.32 Å². The first-order chi connectivity index (χ1) is 10.1. The molecule has 1 aliphatic heterocycles. The third-order valence-electron chi connectivity index (χ3n) is 1.70. The highest BCUT2D eigenvalue weighted by Gasteiger charge is 2.13. The van der Waals surface area contributed by atoms with E-state index in [1.54, 1.807) is 5.32 Å². The van der Waals surface area contributed by atoms with Gasteiger partial charge in [-0.2, -0.15) is 0 Å². The number of hydrogen-bond donors (Lipinski definition) is 1. The van der Waals surface area contributed by atoms with Gasteiger partial charge in [-0.05, 0) is 42.0 Å². The normalized spacial score (nSPS) is 51.8. The van der Waals surface area contributed by atoms with E-state index in [1.165, 1.54) is 6.07 Å². The van der Waals surface area contributed by atoms with Crippen LogP contribution in [-0.2, 0) is 6.37 Å². The second-order valence-electron chi connectivity index (χ2n) is 2.56. The van der Waals surface area contributed by atoms with Crippen molar-refractivity contribution in [2.75, 3.05) is 13.0 Å². The van der Waals surface area contributed by atoms with Gasteiger partial charge in [-0.1, -0.05) is 24.5 Å². The fourth-order valence-corrected chi connectivity index (χ4v) is 1.26. The standard InChI is InChI=1S/C11H14ClN/c1-8-7-13-5-4-9-2-3-10(12)6-11(8)9/h2-3,6,8,13H,4-5,7H2,1H3/t8-/m0/s1/i1D3,4D2,5D2,7D2,8D. The Bertz CT molecular complexity index is 640. The zero-order valence-corrected chi connectivity index (χ0v) is 7.37. The van der Waals surface area contributed by atoms with Gasteiger partial charge in [-0.3, -0.25) is 0 Å². The number of halogens is 1. The lowest BCUT2D eigenvalue weighted by atomic mass is 9.96. The molecule has 0 aromatic heterocycles. The molecular weight excluding hydrogens is 182 g/mol. The van der Waals surface area contributed by atoms with Crippen molar-refractivity contribution in [2.24, 2.45) is 0 Å². The molecule has 0 bridgehead atoms. The molecule has 0 fully saturated rings. The molecule has 0 amide bonds. The Hall–Kier alpha value is -0.530. The molecule has 70 valence electrons. The fraction of sp³-hybridized carbons (Fsp3) is 0.455. The number of nitrogens with one attached hydrogen (secondary N) is 1. The Kier molecular flexibility index (Phi) is 0.844. The first kappa shape index (κ1) is 2.98. The molecule has 1 atom stereocenters. The summed E-state index contributed by atoms with van der Waals surface area (Å²) in [5.41, 5.74) is -0.930. The predicted molar refractivity (Wildman–Crippen MR) is 56.4 cm³/mol. The van der Waals surface area contributed by atoms with Gasteiger partial charge in [0.15, 0.2) is 0 Å². The highest BCUT2D eigenvalue weighted by atomic mass is 35.5. The van der Waals surface area contributed by atoms with Gasteiger partial charge in [0.25, 0.3) is 0 Å². The van der Waals surface area contributed by atoms with Gasteiger partial charge in [-0.15, -0.1) is 0 Å². The lowest BCUT2D eigenvalue weighted by Gasteiger charge is -2.11. The summed E-state index contributed by atoms with van der Waals surface area (Å²) in [6.45, 7) is -9.25. The smallest absolute Gasteiger partial charge is 0.0434 e. The molecular formula is C11H14ClN. The highest BCUT2D eigenvalue weighted by molar-refractivity contribution is 6.30. The van der Waals surface area contributed by atoms with E-state index in [1.807, 2.05) is 0 Å². The summed E-state index contributed by atoms with van der Waals surface area (Å²) in [6, 6.07) is 3.34. The van der Waals surface area contributed by atoms with Crippen LogP contribution in [0.1, 0.15) is 37.6 Å². The van der Waals surface area contributed by atoms with Gasteiger partial charge in [0.2, 0.25) is 0 Å². The Labute approximate surface area is 98.2 Å². The molecule has 1 N–H and O–H groups in total. The quantitative estimate of drug-likeness (QED) is 0.687. The second kappa shape index (κ2) is 3.69. The van der Waals surface area contributed by atoms with E-state index in [9.17, 15) is 0 Å². The van der Waals surface area contributed by atoms with Crippen molar-refractivity contribution in [3.63, 3.8) is 0 Å². The number of rotatable bonds is 0. The van der Waals surface area contributed by atoms with Crippen molar-refractivity contribution in [2.45, 2.75) is 19.1 Å². The molecule has 2 heteroatoms. The lowest BCUT2D eigenvalue weighted by Crippen LogP contribution is -2.18. The molecule has 1 aliphatic rings. The molecule has 0 saturated heterocycles. The van der Waals surface area contributed by atoms with Gasteiger partial charge in [0.05, 0.1) is 0 Å². The first-order valence-electron chi connectivity index (χ1n) is 8.68. The van der Waals surface area contributed by atoms with Crippen LogP contribution in [0.2, 0.25) is 5.02 Å². The van der Waals surface area contributed by atoms with E-state index in [2.05, 4.69) is 0 Å². The monoisotopic (exact) mass is 205 g/mol. The van der Waals surface area contributed by atoms with Crippen LogP contribution in [0, 0.1) is 0 Å². The third kappa shape index (κ3) is 1.87. The zero-order chi connectivity index (χ0) is 18.1. The molecule has 2 rings (SSSR count). The number of hydrogen-bond acceptors (Lipinski definition) is 1. The van der Waals surface area contributed by atoms with Crippen LogP contribution in [0.3, 0.4) is 0 Å². The minimum atomic E-state index is -3.21. The summed E-state index contributed by atoms with van der Waals surface area (Å²) in [5, 5.41) is 1.75. The second-order valence-corrected chi connectivity index (χ2v) is 3.00. The Morgan fingerprint density at radius 2 is 2.69 bits per heavy atom. The average Bonchev–Trinajstić information content (AvgIpc) is 2.36. The number of fused-ring (bicyclic) bond motifs is 1. The minimum absolute atomic E-state index is 0.00122. The first-order valence-corrected chi connectivity index (χ1v) is 4.05. The van der Waals surface area contributed by atoms with E-state index < -0.39 is 43.2 Å². The molecule has 1 heterocycles. The van der Waals surface area contributed by atoms with Crippen LogP contribution in [0.5, 0.6) is 0 Å². The molecule has 0 spiro atoms. The molecule has 1 aromatic carbocycles. The largest absolute Gasteiger partial charge is 0.316 e. The fourth-order valence-electron chi connectivity index (χ4n) is 1.09. The van der Waals surface area contributed by atoms with Gasteiger partial charge >= 0.3 is 0 Å². The van der Waals surface area contributed by atoms with E-state index in [4.69, 9.17) is 25.3 Å². The summed E-state index contributed by atoms with van der Waals surface area (Å²) in [4.78, 5) is 0. The van der Waals surface area contributed by atoms with Crippen molar-refractivity contribution in [1.82, 2.24) is 5.32 Å². The van der Waals surface area contributed by atoms with Crippen LogP contribution < -0.4 is 5.32 Å². The number of benzene rings is 1. The van der Waals surface area contributed by atoms with Crippen molar-refractivity contribution >= 4 is 11.6 Å². The average molecular weight is 206 g/mol. The van der Waals surface area contributed by atoms with E-state index in [0.29, 0.717) is 0 Å². The van der Waals surface area contributed by atoms with Crippen LogP contribution in [0.15, 0.2) is 18.2 Å². The van der Waals surface area contributed by atoms with Crippen molar-refractivity contribution in [3.8, 4) is 0 Å². The molecule has 13 heavy (non-hydrogen) atoms. The molecule has 1 nitrogen and oxygen atoms in total. The summed E-state index contributed by atoms with van der Waals surface area (Å²) in [5.74, 6) is -2.96. The maximum atomic E-state index is 8.35. The van der Waals surface area contributed by atoms with Crippen LogP contribution in [0.25, 0.3) is 0 Å².